The van der Waals surface area contributed by atoms with Gasteiger partial charge in [0.15, 0.2) is 0 Å². The van der Waals surface area contributed by atoms with Crippen molar-refractivity contribution in [1.82, 2.24) is 0 Å². The number of aliphatic hydroxyl groups excluding tert-OH is 2. The molecule has 0 rings (SSSR count). The lowest BCUT2D eigenvalue weighted by atomic mass is 9.70. The topological polar surface area (TPSA) is 57.5 Å². The van der Waals surface area contributed by atoms with Crippen molar-refractivity contribution in [1.29, 1.82) is 0 Å². The summed E-state index contributed by atoms with van der Waals surface area (Å²) >= 11 is 0. The van der Waals surface area contributed by atoms with Crippen LogP contribution in [0.1, 0.15) is 68.2 Å². The molecule has 0 fully saturated rings. The Balaban J connectivity index is 5.61. The summed E-state index contributed by atoms with van der Waals surface area (Å²) in [4.78, 5) is 13.2. The lowest BCUT2D eigenvalue weighted by Crippen LogP contribution is -2.46. The molecule has 132 valence electrons. The van der Waals surface area contributed by atoms with E-state index >= 15 is 0 Å². The normalized spacial score (nSPS) is 20.5. The quantitative estimate of drug-likeness (QED) is 0.642. The third-order valence-corrected chi connectivity index (χ3v) is 5.27. The molecular weight excluding hydrogens is 276 g/mol. The van der Waals surface area contributed by atoms with Gasteiger partial charge >= 0.3 is 0 Å². The number of carbonyl (C=O) groups is 1. The van der Waals surface area contributed by atoms with Gasteiger partial charge < -0.3 is 10.2 Å². The molecule has 0 amide bonds. The summed E-state index contributed by atoms with van der Waals surface area (Å²) in [6, 6.07) is 0. The zero-order valence-corrected chi connectivity index (χ0v) is 15.8. The van der Waals surface area contributed by atoms with Gasteiger partial charge in [-0.05, 0) is 23.7 Å². The maximum Gasteiger partial charge on any atom is 0.144 e. The maximum absolute atomic E-state index is 13.2. The number of Topliss-reactive ketones (excluding diaryl/α,β-unsaturated/α-hetero) is 1. The molecule has 0 bridgehead atoms. The lowest BCUT2D eigenvalue weighted by Gasteiger charge is -2.36. The van der Waals surface area contributed by atoms with Crippen molar-refractivity contribution >= 4 is 5.78 Å². The molecule has 0 aliphatic rings. The number of hydrogen-bond donors (Lipinski definition) is 2. The van der Waals surface area contributed by atoms with Crippen molar-refractivity contribution < 1.29 is 15.0 Å². The minimum Gasteiger partial charge on any atom is -0.392 e. The van der Waals surface area contributed by atoms with E-state index in [1.54, 1.807) is 0 Å². The van der Waals surface area contributed by atoms with Gasteiger partial charge in [-0.3, -0.25) is 4.79 Å². The second-order valence-corrected chi connectivity index (χ2v) is 7.69. The summed E-state index contributed by atoms with van der Waals surface area (Å²) in [5.41, 5.74) is 0. The fourth-order valence-electron chi connectivity index (χ4n) is 3.13. The molecule has 0 heterocycles. The van der Waals surface area contributed by atoms with Crippen molar-refractivity contribution in [3.63, 3.8) is 0 Å². The van der Waals surface area contributed by atoms with E-state index in [4.69, 9.17) is 0 Å². The largest absolute Gasteiger partial charge is 0.392 e. The van der Waals surface area contributed by atoms with Crippen LogP contribution in [-0.4, -0.2) is 28.2 Å². The number of rotatable bonds is 10. The Morgan fingerprint density at radius 3 is 1.18 bits per heavy atom. The van der Waals surface area contributed by atoms with Crippen LogP contribution in [0.25, 0.3) is 0 Å². The van der Waals surface area contributed by atoms with Crippen LogP contribution in [0, 0.1) is 35.5 Å². The van der Waals surface area contributed by atoms with E-state index in [9.17, 15) is 15.0 Å². The van der Waals surface area contributed by atoms with Crippen molar-refractivity contribution in [2.45, 2.75) is 80.4 Å². The zero-order chi connectivity index (χ0) is 17.6. The molecule has 3 heteroatoms. The van der Waals surface area contributed by atoms with Crippen LogP contribution < -0.4 is 0 Å². The van der Waals surface area contributed by atoms with Crippen molar-refractivity contribution in [2.24, 2.45) is 35.5 Å². The Morgan fingerprint density at radius 1 is 0.727 bits per heavy atom. The molecule has 3 nitrogen and oxygen atoms in total. The van der Waals surface area contributed by atoms with Gasteiger partial charge in [0.2, 0.25) is 0 Å². The van der Waals surface area contributed by atoms with Crippen LogP contribution in [0.4, 0.5) is 0 Å². The minimum atomic E-state index is -0.645. The van der Waals surface area contributed by atoms with Crippen molar-refractivity contribution in [3.05, 3.63) is 0 Å². The van der Waals surface area contributed by atoms with Crippen LogP contribution in [0.5, 0.6) is 0 Å². The first kappa shape index (κ1) is 21.6. The molecule has 6 atom stereocenters. The third kappa shape index (κ3) is 5.34. The van der Waals surface area contributed by atoms with Gasteiger partial charge in [-0.2, -0.15) is 0 Å². The first-order chi connectivity index (χ1) is 10.1. The van der Waals surface area contributed by atoms with Crippen LogP contribution in [0.15, 0.2) is 0 Å². The average molecular weight is 315 g/mol. The first-order valence-corrected chi connectivity index (χ1v) is 8.99. The fraction of sp³-hybridized carbons (Fsp3) is 0.947. The Hall–Kier alpha value is -0.410. The summed E-state index contributed by atoms with van der Waals surface area (Å²) < 4.78 is 0. The van der Waals surface area contributed by atoms with E-state index in [-0.39, 0.29) is 29.5 Å². The number of carbonyl (C=O) groups excluding carboxylic acids is 1. The van der Waals surface area contributed by atoms with Crippen LogP contribution >= 0.6 is 0 Å². The average Bonchev–Trinajstić information content (AvgIpc) is 2.46. The maximum atomic E-state index is 13.2. The van der Waals surface area contributed by atoms with Gasteiger partial charge in [0.1, 0.15) is 5.78 Å². The van der Waals surface area contributed by atoms with Crippen LogP contribution in [-0.2, 0) is 4.79 Å². The molecule has 0 radical (unpaired) electrons. The van der Waals surface area contributed by atoms with Gasteiger partial charge in [-0.1, -0.05) is 68.2 Å². The van der Waals surface area contributed by atoms with E-state index in [0.717, 1.165) is 12.8 Å². The van der Waals surface area contributed by atoms with Crippen molar-refractivity contribution in [3.8, 4) is 0 Å². The number of ketones is 1. The standard InChI is InChI=1S/C19H38O3/c1-9-13(7)15(17(20)11(3)4)19(22)16(14(8)10-2)18(21)12(5)6/h11-18,20-21H,9-10H2,1-8H3. The molecule has 6 unspecified atom stereocenters. The molecule has 0 aromatic rings. The predicted octanol–water partition coefficient (Wildman–Crippen LogP) is 3.91. The number of aliphatic hydroxyl groups is 2. The molecule has 0 saturated carbocycles. The smallest absolute Gasteiger partial charge is 0.144 e. The molecule has 0 aromatic carbocycles. The van der Waals surface area contributed by atoms with Crippen LogP contribution in [0.2, 0.25) is 0 Å². The van der Waals surface area contributed by atoms with E-state index in [2.05, 4.69) is 13.8 Å². The van der Waals surface area contributed by atoms with Crippen molar-refractivity contribution in [2.75, 3.05) is 0 Å². The van der Waals surface area contributed by atoms with E-state index in [0.29, 0.717) is 0 Å². The lowest BCUT2D eigenvalue weighted by molar-refractivity contribution is -0.141. The highest BCUT2D eigenvalue weighted by Gasteiger charge is 2.41. The molecule has 0 aliphatic heterocycles. The molecule has 0 saturated heterocycles. The molecular formula is C19H38O3. The van der Waals surface area contributed by atoms with Gasteiger partial charge in [0.05, 0.1) is 12.2 Å². The monoisotopic (exact) mass is 314 g/mol. The summed E-state index contributed by atoms with van der Waals surface area (Å²) in [6.07, 6.45) is 0.415. The highest BCUT2D eigenvalue weighted by Crippen LogP contribution is 2.33. The van der Waals surface area contributed by atoms with Crippen LogP contribution in [0.3, 0.4) is 0 Å². The summed E-state index contributed by atoms with van der Waals surface area (Å²) in [5, 5.41) is 21.2. The highest BCUT2D eigenvalue weighted by atomic mass is 16.3. The molecule has 0 aromatic heterocycles. The second kappa shape index (κ2) is 9.67. The van der Waals surface area contributed by atoms with Gasteiger partial charge in [-0.25, -0.2) is 0 Å². The third-order valence-electron chi connectivity index (χ3n) is 5.27. The first-order valence-electron chi connectivity index (χ1n) is 8.99. The second-order valence-electron chi connectivity index (χ2n) is 7.69. The zero-order valence-electron chi connectivity index (χ0n) is 15.8. The summed E-state index contributed by atoms with van der Waals surface area (Å²) in [7, 11) is 0. The Kier molecular flexibility index (Phi) is 9.49. The Bertz CT molecular complexity index is 295. The summed E-state index contributed by atoms with van der Waals surface area (Å²) in [5.74, 6) is -0.416. The Morgan fingerprint density at radius 2 is 1.00 bits per heavy atom. The SMILES string of the molecule is CCC(C)C(C(=O)C(C(C)CC)C(O)C(C)C)C(O)C(C)C. The molecule has 22 heavy (non-hydrogen) atoms. The predicted molar refractivity (Wildman–Crippen MR) is 92.6 cm³/mol. The molecule has 0 spiro atoms. The van der Waals surface area contributed by atoms with E-state index in [1.165, 1.54) is 0 Å². The van der Waals surface area contributed by atoms with Gasteiger partial charge in [0.25, 0.3) is 0 Å². The molecule has 2 N–H and O–H groups in total. The van der Waals surface area contributed by atoms with Gasteiger partial charge in [0, 0.05) is 11.8 Å². The number of hydrogen-bond acceptors (Lipinski definition) is 3. The summed E-state index contributed by atoms with van der Waals surface area (Å²) in [6.45, 7) is 16.0. The highest BCUT2D eigenvalue weighted by molar-refractivity contribution is 5.85. The minimum absolute atomic E-state index is 0.0386. The van der Waals surface area contributed by atoms with E-state index < -0.39 is 24.0 Å². The molecule has 0 aliphatic carbocycles. The van der Waals surface area contributed by atoms with E-state index in [1.807, 2.05) is 41.5 Å². The van der Waals surface area contributed by atoms with Gasteiger partial charge in [-0.15, -0.1) is 0 Å². The fourth-order valence-corrected chi connectivity index (χ4v) is 3.13. The Labute approximate surface area is 137 Å².